The Hall–Kier alpha value is -1.09. The SMILES string of the molecule is CCC(C)(CCCl)NC(=O)c1ccc(C)nc1. The molecule has 0 aromatic carbocycles. The average molecular weight is 255 g/mol. The number of halogens is 1. The van der Waals surface area contributed by atoms with E-state index in [1.54, 1.807) is 12.3 Å². The molecular formula is C13H19ClN2O. The smallest absolute Gasteiger partial charge is 0.253 e. The normalized spacial score (nSPS) is 14.1. The summed E-state index contributed by atoms with van der Waals surface area (Å²) in [6, 6.07) is 3.62. The van der Waals surface area contributed by atoms with Crippen LogP contribution in [0.4, 0.5) is 0 Å². The van der Waals surface area contributed by atoms with E-state index in [0.29, 0.717) is 11.4 Å². The van der Waals surface area contributed by atoms with E-state index in [1.807, 2.05) is 26.8 Å². The van der Waals surface area contributed by atoms with Crippen LogP contribution in [-0.4, -0.2) is 22.3 Å². The van der Waals surface area contributed by atoms with Crippen LogP contribution in [-0.2, 0) is 0 Å². The highest BCUT2D eigenvalue weighted by molar-refractivity contribution is 6.17. The van der Waals surface area contributed by atoms with Gasteiger partial charge in [0, 0.05) is 23.3 Å². The molecule has 3 nitrogen and oxygen atoms in total. The number of rotatable bonds is 5. The van der Waals surface area contributed by atoms with Gasteiger partial charge in [-0.05, 0) is 38.8 Å². The number of hydrogen-bond donors (Lipinski definition) is 1. The number of carbonyl (C=O) groups excluding carboxylic acids is 1. The maximum Gasteiger partial charge on any atom is 0.253 e. The van der Waals surface area contributed by atoms with Crippen molar-refractivity contribution in [3.8, 4) is 0 Å². The maximum absolute atomic E-state index is 12.0. The lowest BCUT2D eigenvalue weighted by molar-refractivity contribution is 0.0901. The molecule has 0 fully saturated rings. The van der Waals surface area contributed by atoms with Gasteiger partial charge in [-0.2, -0.15) is 0 Å². The van der Waals surface area contributed by atoms with E-state index in [9.17, 15) is 4.79 Å². The molecule has 1 heterocycles. The van der Waals surface area contributed by atoms with Crippen LogP contribution in [0.2, 0.25) is 0 Å². The van der Waals surface area contributed by atoms with E-state index in [4.69, 9.17) is 11.6 Å². The first-order valence-electron chi connectivity index (χ1n) is 5.82. The molecule has 1 unspecified atom stereocenters. The molecule has 0 saturated carbocycles. The van der Waals surface area contributed by atoms with Gasteiger partial charge in [-0.3, -0.25) is 9.78 Å². The second-order valence-corrected chi connectivity index (χ2v) is 4.87. The summed E-state index contributed by atoms with van der Waals surface area (Å²) in [6.45, 7) is 5.94. The first-order chi connectivity index (χ1) is 8.00. The van der Waals surface area contributed by atoms with E-state index in [-0.39, 0.29) is 11.4 Å². The molecular weight excluding hydrogens is 236 g/mol. The lowest BCUT2D eigenvalue weighted by Gasteiger charge is -2.28. The maximum atomic E-state index is 12.0. The van der Waals surface area contributed by atoms with E-state index < -0.39 is 0 Å². The van der Waals surface area contributed by atoms with Crippen LogP contribution in [0.3, 0.4) is 0 Å². The summed E-state index contributed by atoms with van der Waals surface area (Å²) in [5.41, 5.74) is 1.24. The molecule has 0 spiro atoms. The van der Waals surface area contributed by atoms with Crippen LogP contribution in [0.15, 0.2) is 18.3 Å². The monoisotopic (exact) mass is 254 g/mol. The third-order valence-electron chi connectivity index (χ3n) is 3.02. The number of nitrogens with zero attached hydrogens (tertiary/aromatic N) is 1. The summed E-state index contributed by atoms with van der Waals surface area (Å²) in [6.07, 6.45) is 3.21. The molecule has 0 aliphatic heterocycles. The number of aromatic nitrogens is 1. The van der Waals surface area contributed by atoms with Gasteiger partial charge >= 0.3 is 0 Å². The summed E-state index contributed by atoms with van der Waals surface area (Å²) >= 11 is 5.75. The quantitative estimate of drug-likeness (QED) is 0.821. The van der Waals surface area contributed by atoms with Gasteiger partial charge in [-0.25, -0.2) is 0 Å². The largest absolute Gasteiger partial charge is 0.347 e. The Kier molecular flexibility index (Phi) is 4.94. The predicted octanol–water partition coefficient (Wildman–Crippen LogP) is 2.92. The lowest BCUT2D eigenvalue weighted by Crippen LogP contribution is -2.45. The molecule has 4 heteroatoms. The number of amides is 1. The predicted molar refractivity (Wildman–Crippen MR) is 70.5 cm³/mol. The van der Waals surface area contributed by atoms with Gasteiger partial charge in [0.25, 0.3) is 5.91 Å². The molecule has 1 aromatic rings. The second kappa shape index (κ2) is 6.01. The highest BCUT2D eigenvalue weighted by Crippen LogP contribution is 2.16. The third-order valence-corrected chi connectivity index (χ3v) is 3.20. The number of pyridine rings is 1. The molecule has 0 radical (unpaired) electrons. The van der Waals surface area contributed by atoms with Crippen LogP contribution < -0.4 is 5.32 Å². The first kappa shape index (κ1) is 14.0. The number of aryl methyl sites for hydroxylation is 1. The standard InChI is InChI=1S/C13H19ClN2O/c1-4-13(3,7-8-14)16-12(17)11-6-5-10(2)15-9-11/h5-6,9H,4,7-8H2,1-3H3,(H,16,17). The van der Waals surface area contributed by atoms with Gasteiger partial charge < -0.3 is 5.32 Å². The zero-order valence-corrected chi connectivity index (χ0v) is 11.3. The minimum absolute atomic E-state index is 0.0908. The van der Waals surface area contributed by atoms with Crippen molar-refractivity contribution >= 4 is 17.5 Å². The topological polar surface area (TPSA) is 42.0 Å². The minimum atomic E-state index is -0.246. The first-order valence-corrected chi connectivity index (χ1v) is 6.35. The molecule has 94 valence electrons. The second-order valence-electron chi connectivity index (χ2n) is 4.50. The van der Waals surface area contributed by atoms with Crippen molar-refractivity contribution in [2.24, 2.45) is 0 Å². The van der Waals surface area contributed by atoms with Crippen molar-refractivity contribution in [3.63, 3.8) is 0 Å². The van der Waals surface area contributed by atoms with Crippen LogP contribution in [0, 0.1) is 6.92 Å². The Morgan fingerprint density at radius 3 is 2.71 bits per heavy atom. The molecule has 0 aliphatic rings. The molecule has 0 saturated heterocycles. The summed E-state index contributed by atoms with van der Waals surface area (Å²) in [5.74, 6) is 0.448. The molecule has 1 N–H and O–H groups in total. The van der Waals surface area contributed by atoms with Gasteiger partial charge in [0.1, 0.15) is 0 Å². The molecule has 1 amide bonds. The summed E-state index contributed by atoms with van der Waals surface area (Å²) in [5, 5.41) is 3.02. The van der Waals surface area contributed by atoms with E-state index >= 15 is 0 Å². The van der Waals surface area contributed by atoms with Gasteiger partial charge in [-0.1, -0.05) is 6.92 Å². The number of hydrogen-bond acceptors (Lipinski definition) is 2. The van der Waals surface area contributed by atoms with Crippen LogP contribution in [0.1, 0.15) is 42.7 Å². The van der Waals surface area contributed by atoms with Crippen molar-refractivity contribution in [3.05, 3.63) is 29.6 Å². The average Bonchev–Trinajstić information content (AvgIpc) is 2.30. The van der Waals surface area contributed by atoms with Gasteiger partial charge in [0.2, 0.25) is 0 Å². The fourth-order valence-electron chi connectivity index (χ4n) is 1.48. The van der Waals surface area contributed by atoms with Crippen molar-refractivity contribution in [2.45, 2.75) is 39.2 Å². The summed E-state index contributed by atoms with van der Waals surface area (Å²) in [7, 11) is 0. The van der Waals surface area contributed by atoms with Crippen molar-refractivity contribution < 1.29 is 4.79 Å². The van der Waals surface area contributed by atoms with E-state index in [1.165, 1.54) is 0 Å². The Balaban J connectivity index is 2.74. The number of carbonyl (C=O) groups is 1. The van der Waals surface area contributed by atoms with Gasteiger partial charge in [0.05, 0.1) is 5.56 Å². The van der Waals surface area contributed by atoms with Crippen molar-refractivity contribution in [1.82, 2.24) is 10.3 Å². The van der Waals surface area contributed by atoms with Crippen LogP contribution >= 0.6 is 11.6 Å². The fraction of sp³-hybridized carbons (Fsp3) is 0.538. The minimum Gasteiger partial charge on any atom is -0.347 e. The molecule has 1 atom stereocenters. The zero-order valence-electron chi connectivity index (χ0n) is 10.6. The molecule has 1 rings (SSSR count). The Morgan fingerprint density at radius 1 is 1.53 bits per heavy atom. The molecule has 0 aliphatic carbocycles. The highest BCUT2D eigenvalue weighted by atomic mass is 35.5. The van der Waals surface area contributed by atoms with Crippen LogP contribution in [0.5, 0.6) is 0 Å². The lowest BCUT2D eigenvalue weighted by atomic mass is 9.95. The Bertz CT molecular complexity index is 378. The molecule has 17 heavy (non-hydrogen) atoms. The van der Waals surface area contributed by atoms with Crippen LogP contribution in [0.25, 0.3) is 0 Å². The van der Waals surface area contributed by atoms with E-state index in [2.05, 4.69) is 10.3 Å². The highest BCUT2D eigenvalue weighted by Gasteiger charge is 2.24. The number of alkyl halides is 1. The molecule has 1 aromatic heterocycles. The third kappa shape index (κ3) is 4.00. The fourth-order valence-corrected chi connectivity index (χ4v) is 1.90. The summed E-state index contributed by atoms with van der Waals surface area (Å²) in [4.78, 5) is 16.1. The van der Waals surface area contributed by atoms with E-state index in [0.717, 1.165) is 18.5 Å². The van der Waals surface area contributed by atoms with Crippen molar-refractivity contribution in [1.29, 1.82) is 0 Å². The summed E-state index contributed by atoms with van der Waals surface area (Å²) < 4.78 is 0. The van der Waals surface area contributed by atoms with Gasteiger partial charge in [0.15, 0.2) is 0 Å². The number of nitrogens with one attached hydrogen (secondary N) is 1. The Morgan fingerprint density at radius 2 is 2.24 bits per heavy atom. The Labute approximate surface area is 108 Å². The zero-order chi connectivity index (χ0) is 12.9. The van der Waals surface area contributed by atoms with Crippen molar-refractivity contribution in [2.75, 3.05) is 5.88 Å². The molecule has 0 bridgehead atoms. The van der Waals surface area contributed by atoms with Gasteiger partial charge in [-0.15, -0.1) is 11.6 Å².